The van der Waals surface area contributed by atoms with Gasteiger partial charge < -0.3 is 92.6 Å². The van der Waals surface area contributed by atoms with Crippen LogP contribution in [0.5, 0.6) is 0 Å². The van der Waals surface area contributed by atoms with Crippen LogP contribution >= 0.6 is 0 Å². The molecule has 0 amide bonds. The summed E-state index contributed by atoms with van der Waals surface area (Å²) < 4.78 is 73.7. The molecule has 27 atom stereocenters. The lowest BCUT2D eigenvalue weighted by Crippen LogP contribution is -2.79. The van der Waals surface area contributed by atoms with Gasteiger partial charge in [-0.1, -0.05) is 44.2 Å². The van der Waals surface area contributed by atoms with Gasteiger partial charge in [-0.3, -0.25) is 0 Å². The number of aliphatic hydroxyl groups excluding tert-OH is 4. The Morgan fingerprint density at radius 3 is 1.86 bits per heavy atom. The number of rotatable bonds is 15. The lowest BCUT2D eigenvalue weighted by atomic mass is 9.40. The van der Waals surface area contributed by atoms with E-state index >= 15 is 0 Å². The summed E-state index contributed by atoms with van der Waals surface area (Å²) in [5.74, 6) is -1.07. The molecule has 7 N–H and O–H groups in total. The second-order valence-electron chi connectivity index (χ2n) is 24.1. The van der Waals surface area contributed by atoms with Crippen molar-refractivity contribution in [3.05, 3.63) is 42.0 Å². The first-order valence-electron chi connectivity index (χ1n) is 28.1. The van der Waals surface area contributed by atoms with Crippen molar-refractivity contribution >= 4 is 12.0 Å². The van der Waals surface area contributed by atoms with Gasteiger partial charge in [-0.15, -0.1) is 0 Å². The minimum Gasteiger partial charge on any atom is -0.456 e. The van der Waals surface area contributed by atoms with Gasteiger partial charge in [-0.25, -0.2) is 4.79 Å². The van der Waals surface area contributed by atoms with Crippen molar-refractivity contribution in [2.75, 3.05) is 21.3 Å². The second kappa shape index (κ2) is 23.2. The van der Waals surface area contributed by atoms with E-state index in [0.717, 1.165) is 5.56 Å². The molecule has 1 aromatic rings. The predicted molar refractivity (Wildman–Crippen MR) is 273 cm³/mol. The van der Waals surface area contributed by atoms with E-state index in [-0.39, 0.29) is 50.5 Å². The Kier molecular flexibility index (Phi) is 17.8. The highest BCUT2D eigenvalue weighted by molar-refractivity contribution is 5.87. The van der Waals surface area contributed by atoms with Gasteiger partial charge in [0, 0.05) is 46.7 Å². The molecule has 1 unspecified atom stereocenters. The number of benzene rings is 1. The first-order chi connectivity index (χ1) is 36.4. The number of aliphatic hydroxyl groups is 7. The fourth-order valence-electron chi connectivity index (χ4n) is 15.5. The van der Waals surface area contributed by atoms with Crippen molar-refractivity contribution in [2.24, 2.45) is 22.7 Å². The molecule has 20 nitrogen and oxygen atoms in total. The van der Waals surface area contributed by atoms with Gasteiger partial charge in [0.1, 0.15) is 53.9 Å². The maximum atomic E-state index is 13.0. The van der Waals surface area contributed by atoms with E-state index in [1.54, 1.807) is 41.1 Å². The molecule has 4 aliphatic carbocycles. The fourth-order valence-corrected chi connectivity index (χ4v) is 15.5. The third-order valence-electron chi connectivity index (χ3n) is 20.2. The topological polar surface area (TPSA) is 269 Å². The Morgan fingerprint density at radius 1 is 0.649 bits per heavy atom. The van der Waals surface area contributed by atoms with Crippen molar-refractivity contribution in [3.8, 4) is 0 Å². The van der Waals surface area contributed by atoms with E-state index in [9.17, 15) is 40.5 Å². The molecular weight excluding hydrogens is 1000 g/mol. The summed E-state index contributed by atoms with van der Waals surface area (Å²) in [5, 5.41) is 83.4. The highest BCUT2D eigenvalue weighted by Crippen LogP contribution is 2.72. The van der Waals surface area contributed by atoms with Crippen LogP contribution in [0.15, 0.2) is 36.4 Å². The largest absolute Gasteiger partial charge is 0.456 e. The molecule has 0 spiro atoms. The smallest absolute Gasteiger partial charge is 0.331 e. The van der Waals surface area contributed by atoms with Gasteiger partial charge >= 0.3 is 5.97 Å². The quantitative estimate of drug-likeness (QED) is 0.0753. The molecule has 4 saturated carbocycles. The SMILES string of the molecule is CO[C@@H]1[C@@H](O)[C@H](O[C@@H]2[C@@H](C)O[C@@H](O[C@H]3[C@@H](OC)C[C@H](O[C@H]4[C@@H](O)C[C@H](O[C@H]5CC[C@@]6(C)[C@@H](CC[C@]7(O)[C@@H]6C[C@@H](O)[C@@]6(C)[C@]7(O)CC[C@@]6(O)C(C)OC(=O)/C=C/c6ccccc6)C5)O[C@@H]4C)O[C@@H]3C)C[C@H]2OC)O[C@H](C)[C@H]1O. The Balaban J connectivity index is 0.761. The van der Waals surface area contributed by atoms with E-state index < -0.39 is 156 Å². The zero-order chi connectivity index (χ0) is 55.6. The third-order valence-corrected chi connectivity index (χ3v) is 20.2. The van der Waals surface area contributed by atoms with Crippen LogP contribution in [-0.2, 0) is 61.6 Å². The summed E-state index contributed by atoms with van der Waals surface area (Å²) in [6.45, 7) is 12.6. The zero-order valence-electron chi connectivity index (χ0n) is 46.5. The average molecular weight is 1090 g/mol. The number of carbonyl (C=O) groups excluding carboxylic acids is 1. The molecule has 20 heteroatoms. The van der Waals surface area contributed by atoms with Gasteiger partial charge in [0.15, 0.2) is 25.2 Å². The normalized spacial score (nSPS) is 50.6. The molecule has 0 radical (unpaired) electrons. The molecule has 4 heterocycles. The van der Waals surface area contributed by atoms with Crippen molar-refractivity contribution in [1.82, 2.24) is 0 Å². The number of ether oxygens (including phenoxy) is 12. The minimum atomic E-state index is -1.88. The summed E-state index contributed by atoms with van der Waals surface area (Å²) in [5.41, 5.74) is -6.62. The molecule has 77 heavy (non-hydrogen) atoms. The molecule has 1 aromatic carbocycles. The van der Waals surface area contributed by atoms with Crippen molar-refractivity contribution in [2.45, 2.75) is 259 Å². The molecule has 8 fully saturated rings. The lowest BCUT2D eigenvalue weighted by Gasteiger charge is -2.69. The van der Waals surface area contributed by atoms with Gasteiger partial charge in [0.05, 0.1) is 66.0 Å². The summed E-state index contributed by atoms with van der Waals surface area (Å²) >= 11 is 0. The number of hydrogen-bond donors (Lipinski definition) is 7. The monoisotopic (exact) mass is 1090 g/mol. The number of esters is 1. The Labute approximate surface area is 452 Å². The van der Waals surface area contributed by atoms with Crippen molar-refractivity contribution in [1.29, 1.82) is 0 Å². The van der Waals surface area contributed by atoms with Gasteiger partial charge in [-0.05, 0) is 115 Å². The van der Waals surface area contributed by atoms with Gasteiger partial charge in [0.2, 0.25) is 0 Å². The summed E-state index contributed by atoms with van der Waals surface area (Å²) in [7, 11) is 4.57. The zero-order valence-corrected chi connectivity index (χ0v) is 46.5. The number of carbonyl (C=O) groups is 1. The molecular formula is C57H88O20. The average Bonchev–Trinajstić information content (AvgIpc) is 3.69. The molecule has 8 aliphatic rings. The fraction of sp³-hybridized carbons (Fsp3) is 0.842. The van der Waals surface area contributed by atoms with Crippen LogP contribution in [-0.4, -0.2) is 203 Å². The highest BCUT2D eigenvalue weighted by atomic mass is 16.8. The maximum Gasteiger partial charge on any atom is 0.331 e. The third kappa shape index (κ3) is 10.6. The van der Waals surface area contributed by atoms with Crippen LogP contribution in [0.2, 0.25) is 0 Å². The summed E-state index contributed by atoms with van der Waals surface area (Å²) in [6, 6.07) is 9.29. The van der Waals surface area contributed by atoms with Gasteiger partial charge in [0.25, 0.3) is 0 Å². The van der Waals surface area contributed by atoms with Crippen LogP contribution in [0.1, 0.15) is 125 Å². The number of hydrogen-bond acceptors (Lipinski definition) is 20. The maximum absolute atomic E-state index is 13.0. The van der Waals surface area contributed by atoms with Crippen molar-refractivity contribution in [3.63, 3.8) is 0 Å². The Bertz CT molecular complexity index is 2160. The number of fused-ring (bicyclic) bond motifs is 5. The van der Waals surface area contributed by atoms with Crippen LogP contribution in [0.3, 0.4) is 0 Å². The standard InChI is InChI=1S/C57H88O20/c1-29-46(61)51(68-10)47(62)52(72-29)77-50-32(4)71-45(27-39(50)67-9)76-49-31(3)70-44(26-38(49)66-8)75-48-30(2)69-43(25-37(48)58)74-36-19-20-53(6)35(24-36)18-21-56(64)40(53)28-41(59)54(7)55(63,22-23-57(54,56)65)33(5)73-42(60)17-16-34-14-12-11-13-15-34/h11-17,29-33,35-41,43-52,58-59,61-65H,18-28H2,1-10H3/b17-16+/t29-,30-,31-,32-,33?,35+,36+,37+,38+,39-,40-,41-,43+,44+,45+,46-,47-,48-,49-,50-,51+,52+,53+,54-,55-,56+,57-/m1/s1. The predicted octanol–water partition coefficient (Wildman–Crippen LogP) is 3.42. The first kappa shape index (κ1) is 59.3. The number of methoxy groups -OCH3 is 3. The summed E-state index contributed by atoms with van der Waals surface area (Å²) in [4.78, 5) is 13.0. The molecule has 0 bridgehead atoms. The highest BCUT2D eigenvalue weighted by Gasteiger charge is 2.81. The minimum absolute atomic E-state index is 0.0210. The Morgan fingerprint density at radius 2 is 1.25 bits per heavy atom. The molecule has 0 aromatic heterocycles. The molecule has 4 aliphatic heterocycles. The molecule has 9 rings (SSSR count). The van der Waals surface area contributed by atoms with E-state index in [4.69, 9.17) is 56.8 Å². The van der Waals surface area contributed by atoms with E-state index in [1.165, 1.54) is 13.2 Å². The summed E-state index contributed by atoms with van der Waals surface area (Å²) in [6.07, 6.45) is -8.47. The second-order valence-corrected chi connectivity index (χ2v) is 24.1. The van der Waals surface area contributed by atoms with Crippen molar-refractivity contribution < 1.29 is 97.4 Å². The lowest BCUT2D eigenvalue weighted by molar-refractivity contribution is -0.356. The van der Waals surface area contributed by atoms with Crippen LogP contribution in [0.25, 0.3) is 6.08 Å². The first-order valence-corrected chi connectivity index (χ1v) is 28.1. The van der Waals surface area contributed by atoms with Crippen LogP contribution in [0, 0.1) is 22.7 Å². The van der Waals surface area contributed by atoms with Gasteiger partial charge in [-0.2, -0.15) is 0 Å². The van der Waals surface area contributed by atoms with E-state index in [2.05, 4.69) is 6.92 Å². The Hall–Kier alpha value is -2.29. The van der Waals surface area contributed by atoms with E-state index in [0.29, 0.717) is 32.1 Å². The molecule has 4 saturated heterocycles. The van der Waals surface area contributed by atoms with Crippen LogP contribution in [0.4, 0.5) is 0 Å². The van der Waals surface area contributed by atoms with Crippen LogP contribution < -0.4 is 0 Å². The molecule has 436 valence electrons. The van der Waals surface area contributed by atoms with E-state index in [1.807, 2.05) is 51.1 Å².